The Labute approximate surface area is 148 Å². The molecule has 142 valence electrons. The van der Waals surface area contributed by atoms with Crippen molar-refractivity contribution in [2.24, 2.45) is 17.8 Å². The Morgan fingerprint density at radius 3 is 2.65 bits per heavy atom. The maximum Gasteiger partial charge on any atom is 0.424 e. The first-order valence-corrected chi connectivity index (χ1v) is 7.66. The van der Waals surface area contributed by atoms with E-state index in [0.717, 1.165) is 4.57 Å². The van der Waals surface area contributed by atoms with Crippen LogP contribution in [-0.2, 0) is 12.6 Å². The molecule has 0 aliphatic rings. The largest absolute Gasteiger partial charge is 0.495 e. The Balaban J connectivity index is 2.12. The second kappa shape index (κ2) is 7.65. The Kier molecular flexibility index (Phi) is 5.76. The molecule has 2 rings (SSSR count). The average Bonchev–Trinajstić information content (AvgIpc) is 3.00. The standard InChI is InChI=1S/C16H20F3N5O2/c1-24-10-9-21-13(24)15(25,16(17,18)19)7-8-22-14(20)23-11-5-3-4-6-12(11)26-2/h3-6,9-10,25H,7-8H2,1-2H3,(H3,20,22,23). The molecule has 1 aromatic heterocycles. The van der Waals surface area contributed by atoms with E-state index in [2.05, 4.69) is 15.3 Å². The first-order chi connectivity index (χ1) is 12.2. The van der Waals surface area contributed by atoms with Crippen LogP contribution in [0.25, 0.3) is 0 Å². The van der Waals surface area contributed by atoms with Crippen LogP contribution >= 0.6 is 0 Å². The lowest BCUT2D eigenvalue weighted by Gasteiger charge is -2.29. The van der Waals surface area contributed by atoms with Gasteiger partial charge in [0.1, 0.15) is 11.6 Å². The number of nitrogens with one attached hydrogen (secondary N) is 1. The number of nitrogens with two attached hydrogens (primary N) is 1. The normalized spacial score (nSPS) is 14.8. The Morgan fingerprint density at radius 2 is 2.08 bits per heavy atom. The lowest BCUT2D eigenvalue weighted by atomic mass is 9.98. The molecular formula is C16H20F3N5O2. The van der Waals surface area contributed by atoms with Crippen LogP contribution < -0.4 is 15.8 Å². The fraction of sp³-hybridized carbons (Fsp3) is 0.375. The van der Waals surface area contributed by atoms with Crippen molar-refractivity contribution in [3.8, 4) is 5.75 Å². The number of aliphatic hydroxyl groups is 1. The summed E-state index contributed by atoms with van der Waals surface area (Å²) in [6, 6.07) is 6.87. The van der Waals surface area contributed by atoms with Gasteiger partial charge in [0.25, 0.3) is 0 Å². The molecular weight excluding hydrogens is 351 g/mol. The average molecular weight is 371 g/mol. The van der Waals surface area contributed by atoms with Crippen LogP contribution in [0.1, 0.15) is 12.2 Å². The fourth-order valence-corrected chi connectivity index (χ4v) is 2.41. The van der Waals surface area contributed by atoms with Crippen molar-refractivity contribution < 1.29 is 23.0 Å². The van der Waals surface area contributed by atoms with Crippen LogP contribution in [0.15, 0.2) is 41.7 Å². The van der Waals surface area contributed by atoms with Gasteiger partial charge in [-0.05, 0) is 12.1 Å². The number of para-hydroxylation sites is 2. The summed E-state index contributed by atoms with van der Waals surface area (Å²) in [6.45, 7) is -0.364. The van der Waals surface area contributed by atoms with Crippen LogP contribution in [0.3, 0.4) is 0 Å². The molecule has 2 aromatic rings. The van der Waals surface area contributed by atoms with Crippen LogP contribution in [0.4, 0.5) is 18.9 Å². The van der Waals surface area contributed by atoms with Crippen molar-refractivity contribution >= 4 is 11.6 Å². The molecule has 1 aromatic carbocycles. The highest BCUT2D eigenvalue weighted by Gasteiger charge is 2.57. The minimum absolute atomic E-state index is 0.0983. The molecule has 0 spiro atoms. The highest BCUT2D eigenvalue weighted by atomic mass is 19.4. The van der Waals surface area contributed by atoms with Crippen LogP contribution in [0, 0.1) is 0 Å². The molecule has 0 aliphatic heterocycles. The predicted octanol–water partition coefficient (Wildman–Crippen LogP) is 2.00. The summed E-state index contributed by atoms with van der Waals surface area (Å²) in [7, 11) is 2.85. The van der Waals surface area contributed by atoms with E-state index in [4.69, 9.17) is 10.5 Å². The van der Waals surface area contributed by atoms with E-state index in [1.165, 1.54) is 26.6 Å². The van der Waals surface area contributed by atoms with Gasteiger partial charge in [-0.3, -0.25) is 4.99 Å². The molecule has 0 bridgehead atoms. The van der Waals surface area contributed by atoms with Gasteiger partial charge in [-0.1, -0.05) is 12.1 Å². The number of aryl methyl sites for hydroxylation is 1. The monoisotopic (exact) mass is 371 g/mol. The lowest BCUT2D eigenvalue weighted by Crippen LogP contribution is -2.45. The van der Waals surface area contributed by atoms with Crippen molar-refractivity contribution in [2.45, 2.75) is 18.2 Å². The number of hydrogen-bond acceptors (Lipinski definition) is 4. The minimum Gasteiger partial charge on any atom is -0.495 e. The zero-order valence-corrected chi connectivity index (χ0v) is 14.3. The number of rotatable bonds is 6. The summed E-state index contributed by atoms with van der Waals surface area (Å²) in [6.07, 6.45) is -3.12. The van der Waals surface area contributed by atoms with Crippen molar-refractivity contribution in [2.75, 3.05) is 19.0 Å². The molecule has 1 heterocycles. The number of benzene rings is 1. The smallest absolute Gasteiger partial charge is 0.424 e. The molecule has 1 atom stereocenters. The van der Waals surface area contributed by atoms with Gasteiger partial charge in [-0.25, -0.2) is 4.98 Å². The Hall–Kier alpha value is -2.75. The third-order valence-corrected chi connectivity index (χ3v) is 3.79. The van der Waals surface area contributed by atoms with Crippen LogP contribution in [0.2, 0.25) is 0 Å². The third-order valence-electron chi connectivity index (χ3n) is 3.79. The number of hydrogen-bond donors (Lipinski definition) is 3. The zero-order valence-electron chi connectivity index (χ0n) is 14.3. The van der Waals surface area contributed by atoms with E-state index in [1.54, 1.807) is 24.3 Å². The summed E-state index contributed by atoms with van der Waals surface area (Å²) >= 11 is 0. The summed E-state index contributed by atoms with van der Waals surface area (Å²) in [5, 5.41) is 13.0. The van der Waals surface area contributed by atoms with Crippen molar-refractivity contribution in [1.29, 1.82) is 0 Å². The number of aliphatic imine (C=N–C) groups is 1. The fourth-order valence-electron chi connectivity index (χ4n) is 2.41. The number of ether oxygens (including phenoxy) is 1. The molecule has 1 unspecified atom stereocenters. The van der Waals surface area contributed by atoms with Gasteiger partial charge in [-0.15, -0.1) is 0 Å². The number of alkyl halides is 3. The maximum atomic E-state index is 13.4. The summed E-state index contributed by atoms with van der Waals surface area (Å²) in [5.41, 5.74) is 3.11. The van der Waals surface area contributed by atoms with Crippen LogP contribution in [0.5, 0.6) is 5.75 Å². The van der Waals surface area contributed by atoms with E-state index in [1.807, 2.05) is 0 Å². The molecule has 0 saturated heterocycles. The van der Waals surface area contributed by atoms with Gasteiger partial charge in [0, 0.05) is 32.4 Å². The van der Waals surface area contributed by atoms with E-state index in [-0.39, 0.29) is 12.5 Å². The summed E-state index contributed by atoms with van der Waals surface area (Å²) < 4.78 is 46.5. The van der Waals surface area contributed by atoms with E-state index in [9.17, 15) is 18.3 Å². The minimum atomic E-state index is -4.91. The van der Waals surface area contributed by atoms with E-state index >= 15 is 0 Å². The predicted molar refractivity (Wildman–Crippen MR) is 90.9 cm³/mol. The van der Waals surface area contributed by atoms with Gasteiger partial charge in [-0.2, -0.15) is 13.2 Å². The van der Waals surface area contributed by atoms with Gasteiger partial charge in [0.15, 0.2) is 5.96 Å². The van der Waals surface area contributed by atoms with E-state index in [0.29, 0.717) is 11.4 Å². The van der Waals surface area contributed by atoms with Gasteiger partial charge < -0.3 is 25.5 Å². The number of guanidine groups is 1. The number of nitrogens with zero attached hydrogens (tertiary/aromatic N) is 3. The first kappa shape index (κ1) is 19.6. The molecule has 0 fully saturated rings. The van der Waals surface area contributed by atoms with Gasteiger partial charge in [0.05, 0.1) is 12.8 Å². The van der Waals surface area contributed by atoms with Crippen molar-refractivity contribution in [1.82, 2.24) is 9.55 Å². The summed E-state index contributed by atoms with van der Waals surface area (Å²) in [5.74, 6) is -0.0965. The molecule has 0 radical (unpaired) electrons. The van der Waals surface area contributed by atoms with Gasteiger partial charge >= 0.3 is 6.18 Å². The SMILES string of the molecule is COc1ccccc1NC(N)=NCCC(O)(c1nccn1C)C(F)(F)F. The quantitative estimate of drug-likeness (QED) is 0.533. The first-order valence-electron chi connectivity index (χ1n) is 7.66. The molecule has 10 heteroatoms. The highest BCUT2D eigenvalue weighted by Crippen LogP contribution is 2.40. The lowest BCUT2D eigenvalue weighted by molar-refractivity contribution is -0.272. The number of imidazole rings is 1. The number of halogens is 3. The van der Waals surface area contributed by atoms with Crippen LogP contribution in [-0.4, -0.2) is 40.4 Å². The topological polar surface area (TPSA) is 97.7 Å². The molecule has 26 heavy (non-hydrogen) atoms. The number of aromatic nitrogens is 2. The molecule has 0 aliphatic carbocycles. The van der Waals surface area contributed by atoms with Crippen molar-refractivity contribution in [3.05, 3.63) is 42.5 Å². The second-order valence-corrected chi connectivity index (χ2v) is 5.56. The molecule has 0 saturated carbocycles. The highest BCUT2D eigenvalue weighted by molar-refractivity contribution is 5.93. The summed E-state index contributed by atoms with van der Waals surface area (Å²) in [4.78, 5) is 7.49. The molecule has 4 N–H and O–H groups in total. The maximum absolute atomic E-state index is 13.4. The Bertz CT molecular complexity index is 775. The number of methoxy groups -OCH3 is 1. The molecule has 0 amide bonds. The number of anilines is 1. The third kappa shape index (κ3) is 4.07. The Morgan fingerprint density at radius 1 is 1.38 bits per heavy atom. The van der Waals surface area contributed by atoms with Crippen molar-refractivity contribution in [3.63, 3.8) is 0 Å². The zero-order chi connectivity index (χ0) is 19.4. The molecule has 7 nitrogen and oxygen atoms in total. The second-order valence-electron chi connectivity index (χ2n) is 5.56. The van der Waals surface area contributed by atoms with E-state index < -0.39 is 24.0 Å². The van der Waals surface area contributed by atoms with Gasteiger partial charge in [0.2, 0.25) is 5.60 Å².